The molecule has 0 saturated heterocycles. The van der Waals surface area contributed by atoms with E-state index in [9.17, 15) is 0 Å². The predicted molar refractivity (Wildman–Crippen MR) is 230 cm³/mol. The molecule has 0 saturated carbocycles. The first-order valence-corrected chi connectivity index (χ1v) is 18.9. The lowest BCUT2D eigenvalue weighted by Gasteiger charge is -2.13. The summed E-state index contributed by atoms with van der Waals surface area (Å²) in [7, 11) is 0. The van der Waals surface area contributed by atoms with Crippen LogP contribution in [0.3, 0.4) is 0 Å². The molecule has 0 aliphatic rings. The molecule has 9 aromatic carbocycles. The molecule has 3 heterocycles. The Bertz CT molecular complexity index is 3540. The summed E-state index contributed by atoms with van der Waals surface area (Å²) in [5.41, 5.74) is 7.84. The van der Waals surface area contributed by atoms with Crippen molar-refractivity contribution in [3.63, 3.8) is 0 Å². The molecular formula is C51H30N4O. The number of fused-ring (bicyclic) bond motifs is 10. The molecule has 0 aliphatic carbocycles. The monoisotopic (exact) mass is 714 g/mol. The van der Waals surface area contributed by atoms with Gasteiger partial charge in [0, 0.05) is 38.1 Å². The predicted octanol–water partition coefficient (Wildman–Crippen LogP) is 13.3. The van der Waals surface area contributed by atoms with Gasteiger partial charge in [-0.2, -0.15) is 9.97 Å². The van der Waals surface area contributed by atoms with E-state index in [4.69, 9.17) is 19.4 Å². The van der Waals surface area contributed by atoms with Gasteiger partial charge in [-0.3, -0.25) is 4.57 Å². The van der Waals surface area contributed by atoms with Crippen molar-refractivity contribution in [1.29, 1.82) is 0 Å². The molecule has 0 atom stereocenters. The van der Waals surface area contributed by atoms with Crippen molar-refractivity contribution in [2.24, 2.45) is 0 Å². The zero-order chi connectivity index (χ0) is 36.7. The number of rotatable bonds is 4. The Labute approximate surface area is 320 Å². The molecule has 0 aliphatic heterocycles. The molecule has 260 valence electrons. The van der Waals surface area contributed by atoms with Crippen LogP contribution >= 0.6 is 0 Å². The normalized spacial score (nSPS) is 11.9. The van der Waals surface area contributed by atoms with Crippen molar-refractivity contribution in [2.75, 3.05) is 0 Å². The highest BCUT2D eigenvalue weighted by Crippen LogP contribution is 2.42. The maximum atomic E-state index is 6.61. The van der Waals surface area contributed by atoms with Crippen molar-refractivity contribution in [3.05, 3.63) is 182 Å². The molecule has 12 rings (SSSR count). The summed E-state index contributed by atoms with van der Waals surface area (Å²) in [5.74, 6) is 1.73. The second-order valence-corrected chi connectivity index (χ2v) is 14.4. The minimum absolute atomic E-state index is 0.554. The van der Waals surface area contributed by atoms with Crippen molar-refractivity contribution in [1.82, 2.24) is 19.5 Å². The molecule has 5 heteroatoms. The van der Waals surface area contributed by atoms with E-state index in [1.807, 2.05) is 12.1 Å². The Balaban J connectivity index is 1.15. The highest BCUT2D eigenvalue weighted by Gasteiger charge is 2.22. The molecule has 5 nitrogen and oxygen atoms in total. The summed E-state index contributed by atoms with van der Waals surface area (Å²) in [6.07, 6.45) is 0. The summed E-state index contributed by atoms with van der Waals surface area (Å²) in [6, 6.07) is 63.9. The number of aromatic nitrogens is 4. The van der Waals surface area contributed by atoms with E-state index >= 15 is 0 Å². The summed E-state index contributed by atoms with van der Waals surface area (Å²) in [6.45, 7) is 0. The van der Waals surface area contributed by atoms with Gasteiger partial charge in [0.15, 0.2) is 11.6 Å². The van der Waals surface area contributed by atoms with Crippen molar-refractivity contribution in [3.8, 4) is 39.9 Å². The van der Waals surface area contributed by atoms with Gasteiger partial charge >= 0.3 is 0 Å². The minimum Gasteiger partial charge on any atom is -0.455 e. The van der Waals surface area contributed by atoms with Gasteiger partial charge in [-0.25, -0.2) is 4.98 Å². The number of nitrogens with zero attached hydrogens (tertiary/aromatic N) is 4. The van der Waals surface area contributed by atoms with E-state index < -0.39 is 0 Å². The van der Waals surface area contributed by atoms with Gasteiger partial charge in [-0.1, -0.05) is 152 Å². The number of para-hydroxylation sites is 2. The Hall–Kier alpha value is -7.63. The first-order chi connectivity index (χ1) is 27.7. The van der Waals surface area contributed by atoms with Crippen LogP contribution in [0.15, 0.2) is 186 Å². The number of furan rings is 1. The van der Waals surface area contributed by atoms with Gasteiger partial charge in [0.25, 0.3) is 0 Å². The maximum absolute atomic E-state index is 6.61. The summed E-state index contributed by atoms with van der Waals surface area (Å²) in [4.78, 5) is 16.0. The summed E-state index contributed by atoms with van der Waals surface area (Å²) < 4.78 is 8.81. The molecule has 0 radical (unpaired) electrons. The van der Waals surface area contributed by atoms with Crippen LogP contribution in [0.2, 0.25) is 0 Å². The smallest absolute Gasteiger partial charge is 0.238 e. The zero-order valence-electron chi connectivity index (χ0n) is 30.0. The first kappa shape index (κ1) is 30.8. The largest absolute Gasteiger partial charge is 0.455 e. The highest BCUT2D eigenvalue weighted by atomic mass is 16.3. The van der Waals surface area contributed by atoms with Crippen LogP contribution in [-0.2, 0) is 0 Å². The lowest BCUT2D eigenvalue weighted by atomic mass is 9.97. The topological polar surface area (TPSA) is 56.7 Å². The second-order valence-electron chi connectivity index (χ2n) is 14.4. The standard InChI is InChI=1S/C51H30N4O/c1-2-14-35-30-45-42(28-34(35)13-1)40-19-7-9-22-44(40)55(45)51-53-49(33-26-24-32(25-27-33)38-21-11-16-31-12-3-5-17-37(31)38)52-50(54-51)43-29-36-15-4-6-18-39(36)48-47(43)41-20-8-10-23-46(41)56-48/h1-30H. The van der Waals surface area contributed by atoms with Crippen molar-refractivity contribution in [2.45, 2.75) is 0 Å². The van der Waals surface area contributed by atoms with Gasteiger partial charge in [0.2, 0.25) is 5.95 Å². The van der Waals surface area contributed by atoms with Gasteiger partial charge < -0.3 is 4.42 Å². The molecular weight excluding hydrogens is 685 g/mol. The van der Waals surface area contributed by atoms with E-state index in [1.54, 1.807) is 0 Å². The van der Waals surface area contributed by atoms with Crippen molar-refractivity contribution < 1.29 is 4.42 Å². The van der Waals surface area contributed by atoms with Crippen LogP contribution < -0.4 is 0 Å². The first-order valence-electron chi connectivity index (χ1n) is 18.9. The third-order valence-electron chi connectivity index (χ3n) is 11.2. The SMILES string of the molecule is c1ccc2cc3c(cc2c1)c1ccccc1n3-c1nc(-c2ccc(-c3cccc4ccccc34)cc2)nc(-c2cc3ccccc3c3oc4ccccc4c23)n1. The second kappa shape index (κ2) is 11.9. The van der Waals surface area contributed by atoms with Crippen LogP contribution in [0.25, 0.3) is 116 Å². The fourth-order valence-electron chi connectivity index (χ4n) is 8.60. The van der Waals surface area contributed by atoms with E-state index in [1.165, 1.54) is 21.7 Å². The van der Waals surface area contributed by atoms with Crippen LogP contribution in [0, 0.1) is 0 Å². The van der Waals surface area contributed by atoms with E-state index in [2.05, 4.69) is 174 Å². The lowest BCUT2D eigenvalue weighted by molar-refractivity contribution is 0.672. The number of hydrogen-bond acceptors (Lipinski definition) is 4. The number of hydrogen-bond donors (Lipinski definition) is 0. The molecule has 0 spiro atoms. The molecule has 0 N–H and O–H groups in total. The Morgan fingerprint density at radius 2 is 1.00 bits per heavy atom. The molecule has 0 bridgehead atoms. The number of benzene rings is 9. The van der Waals surface area contributed by atoms with Crippen LogP contribution in [0.1, 0.15) is 0 Å². The summed E-state index contributed by atoms with van der Waals surface area (Å²) >= 11 is 0. The van der Waals surface area contributed by atoms with Gasteiger partial charge in [-0.15, -0.1) is 0 Å². The molecule has 0 amide bonds. The Morgan fingerprint density at radius 3 is 1.84 bits per heavy atom. The fourth-order valence-corrected chi connectivity index (χ4v) is 8.60. The average Bonchev–Trinajstić information content (AvgIpc) is 3.81. The van der Waals surface area contributed by atoms with Crippen LogP contribution in [0.5, 0.6) is 0 Å². The van der Waals surface area contributed by atoms with Gasteiger partial charge in [-0.05, 0) is 68.4 Å². The highest BCUT2D eigenvalue weighted by molar-refractivity contribution is 6.21. The van der Waals surface area contributed by atoms with Crippen LogP contribution in [-0.4, -0.2) is 19.5 Å². The zero-order valence-corrected chi connectivity index (χ0v) is 30.0. The Morgan fingerprint density at radius 1 is 0.375 bits per heavy atom. The third kappa shape index (κ3) is 4.64. The van der Waals surface area contributed by atoms with E-state index in [0.29, 0.717) is 17.6 Å². The van der Waals surface area contributed by atoms with Gasteiger partial charge in [0.1, 0.15) is 11.2 Å². The average molecular weight is 715 g/mol. The van der Waals surface area contributed by atoms with Crippen molar-refractivity contribution >= 4 is 76.1 Å². The van der Waals surface area contributed by atoms with E-state index in [-0.39, 0.29) is 0 Å². The molecule has 0 unspecified atom stereocenters. The lowest BCUT2D eigenvalue weighted by Crippen LogP contribution is -2.06. The van der Waals surface area contributed by atoms with E-state index in [0.717, 1.165) is 76.6 Å². The molecule has 3 aromatic heterocycles. The maximum Gasteiger partial charge on any atom is 0.238 e. The Kier molecular flexibility index (Phi) is 6.56. The van der Waals surface area contributed by atoms with Gasteiger partial charge in [0.05, 0.1) is 11.0 Å². The quantitative estimate of drug-likeness (QED) is 0.182. The molecule has 0 fully saturated rings. The van der Waals surface area contributed by atoms with Crippen LogP contribution in [0.4, 0.5) is 0 Å². The third-order valence-corrected chi connectivity index (χ3v) is 11.2. The minimum atomic E-state index is 0.554. The molecule has 12 aromatic rings. The molecule has 56 heavy (non-hydrogen) atoms. The summed E-state index contributed by atoms with van der Waals surface area (Å²) in [5, 5.41) is 11.2. The fraction of sp³-hybridized carbons (Fsp3) is 0.